The molecule has 4 heterocycles. The minimum Gasteiger partial charge on any atom is -0.332 e. The van der Waals surface area contributed by atoms with Crippen LogP contribution in [0.25, 0.3) is 22.2 Å². The molecule has 0 saturated heterocycles. The number of amides is 1. The molecule has 4 aromatic rings. The molecule has 0 radical (unpaired) electrons. The van der Waals surface area contributed by atoms with Crippen LogP contribution in [0.4, 0.5) is 13.2 Å². The lowest BCUT2D eigenvalue weighted by atomic mass is 9.99. The molecule has 0 fully saturated rings. The van der Waals surface area contributed by atoms with Crippen molar-refractivity contribution in [2.45, 2.75) is 19.1 Å². The van der Waals surface area contributed by atoms with Crippen LogP contribution in [0.3, 0.4) is 0 Å². The van der Waals surface area contributed by atoms with Gasteiger partial charge >= 0.3 is 6.18 Å². The molecule has 0 bridgehead atoms. The highest BCUT2D eigenvalue weighted by Crippen LogP contribution is 2.33. The molecule has 0 atom stereocenters. The molecule has 6 nitrogen and oxygen atoms in total. The maximum absolute atomic E-state index is 13.1. The molecular weight excluding hydrogens is 419 g/mol. The third-order valence-corrected chi connectivity index (χ3v) is 5.67. The number of carbonyl (C=O) groups is 1. The SMILES string of the molecule is Cn1nc2c(c1-c1ccc(C(F)(F)F)nc1)CCN(C(=O)c1ccc3ncccc3c1)C2. The fourth-order valence-corrected chi connectivity index (χ4v) is 4.15. The predicted octanol–water partition coefficient (Wildman–Crippen LogP) is 4.25. The van der Waals surface area contributed by atoms with Crippen molar-refractivity contribution >= 4 is 16.8 Å². The largest absolute Gasteiger partial charge is 0.433 e. The zero-order chi connectivity index (χ0) is 22.5. The lowest BCUT2D eigenvalue weighted by molar-refractivity contribution is -0.141. The zero-order valence-electron chi connectivity index (χ0n) is 17.1. The van der Waals surface area contributed by atoms with Gasteiger partial charge in [0.15, 0.2) is 0 Å². The van der Waals surface area contributed by atoms with E-state index in [4.69, 9.17) is 0 Å². The average Bonchev–Trinajstić information content (AvgIpc) is 3.12. The Morgan fingerprint density at radius 3 is 2.69 bits per heavy atom. The molecule has 1 aliphatic rings. The van der Waals surface area contributed by atoms with E-state index in [0.29, 0.717) is 30.6 Å². The third kappa shape index (κ3) is 3.49. The molecule has 1 aromatic carbocycles. The molecule has 0 unspecified atom stereocenters. The van der Waals surface area contributed by atoms with Gasteiger partial charge in [-0.15, -0.1) is 0 Å². The summed E-state index contributed by atoms with van der Waals surface area (Å²) in [4.78, 5) is 22.7. The highest BCUT2D eigenvalue weighted by molar-refractivity contribution is 5.98. The van der Waals surface area contributed by atoms with Crippen LogP contribution < -0.4 is 0 Å². The lowest BCUT2D eigenvalue weighted by Gasteiger charge is -2.26. The van der Waals surface area contributed by atoms with Crippen molar-refractivity contribution in [2.75, 3.05) is 6.54 Å². The maximum atomic E-state index is 13.1. The van der Waals surface area contributed by atoms with Crippen molar-refractivity contribution < 1.29 is 18.0 Å². The van der Waals surface area contributed by atoms with E-state index >= 15 is 0 Å². The van der Waals surface area contributed by atoms with Crippen LogP contribution in [0.1, 0.15) is 27.3 Å². The van der Waals surface area contributed by atoms with Gasteiger partial charge in [-0.3, -0.25) is 19.4 Å². The van der Waals surface area contributed by atoms with Crippen LogP contribution in [-0.4, -0.2) is 37.1 Å². The first-order chi connectivity index (χ1) is 15.3. The summed E-state index contributed by atoms with van der Waals surface area (Å²) in [7, 11) is 1.74. The smallest absolute Gasteiger partial charge is 0.332 e. The molecule has 1 amide bonds. The van der Waals surface area contributed by atoms with Gasteiger partial charge in [0.05, 0.1) is 23.4 Å². The Kier molecular flexibility index (Phi) is 4.69. The van der Waals surface area contributed by atoms with Gasteiger partial charge < -0.3 is 4.90 Å². The van der Waals surface area contributed by atoms with E-state index in [2.05, 4.69) is 15.1 Å². The van der Waals surface area contributed by atoms with Gasteiger partial charge in [0, 0.05) is 48.1 Å². The molecule has 0 saturated carbocycles. The van der Waals surface area contributed by atoms with Gasteiger partial charge in [-0.25, -0.2) is 0 Å². The van der Waals surface area contributed by atoms with E-state index in [-0.39, 0.29) is 5.91 Å². The van der Waals surface area contributed by atoms with Gasteiger partial charge in [-0.05, 0) is 42.8 Å². The van der Waals surface area contributed by atoms with Crippen LogP contribution in [0.15, 0.2) is 54.9 Å². The molecule has 0 N–H and O–H groups in total. The number of nitrogens with zero attached hydrogens (tertiary/aromatic N) is 5. The second-order valence-electron chi connectivity index (χ2n) is 7.71. The number of hydrogen-bond donors (Lipinski definition) is 0. The Hall–Kier alpha value is -3.75. The topological polar surface area (TPSA) is 63.9 Å². The second-order valence-corrected chi connectivity index (χ2v) is 7.71. The third-order valence-electron chi connectivity index (χ3n) is 5.67. The highest BCUT2D eigenvalue weighted by atomic mass is 19.4. The van der Waals surface area contributed by atoms with Crippen LogP contribution in [0, 0.1) is 0 Å². The van der Waals surface area contributed by atoms with Crippen molar-refractivity contribution in [3.63, 3.8) is 0 Å². The number of aromatic nitrogens is 4. The number of hydrogen-bond acceptors (Lipinski definition) is 4. The van der Waals surface area contributed by atoms with Crippen molar-refractivity contribution in [3.8, 4) is 11.3 Å². The van der Waals surface area contributed by atoms with Crippen molar-refractivity contribution in [1.82, 2.24) is 24.6 Å². The summed E-state index contributed by atoms with van der Waals surface area (Å²) >= 11 is 0. The summed E-state index contributed by atoms with van der Waals surface area (Å²) in [5, 5.41) is 5.43. The Labute approximate surface area is 181 Å². The fourth-order valence-electron chi connectivity index (χ4n) is 4.15. The molecule has 5 rings (SSSR count). The normalized spacial score (nSPS) is 13.9. The average molecular weight is 437 g/mol. The standard InChI is InChI=1S/C23H18F3N5O/c1-30-21(16-5-7-20(28-12-16)23(24,25)26)17-8-10-31(13-19(17)29-30)22(32)15-4-6-18-14(11-15)3-2-9-27-18/h2-7,9,11-12H,8,10,13H2,1H3. The molecule has 0 spiro atoms. The number of carbonyl (C=O) groups excluding carboxylic acids is 1. The summed E-state index contributed by atoms with van der Waals surface area (Å²) in [6.07, 6.45) is -0.994. The Balaban J connectivity index is 1.41. The van der Waals surface area contributed by atoms with E-state index in [1.165, 1.54) is 12.3 Å². The number of alkyl halides is 3. The van der Waals surface area contributed by atoms with E-state index in [1.54, 1.807) is 28.9 Å². The number of rotatable bonds is 2. The molecule has 162 valence electrons. The molecule has 32 heavy (non-hydrogen) atoms. The molecular formula is C23H18F3N5O. The zero-order valence-corrected chi connectivity index (χ0v) is 17.1. The minimum atomic E-state index is -4.48. The Morgan fingerprint density at radius 2 is 1.94 bits per heavy atom. The van der Waals surface area contributed by atoms with Crippen molar-refractivity contribution in [1.29, 1.82) is 0 Å². The van der Waals surface area contributed by atoms with Crippen molar-refractivity contribution in [2.24, 2.45) is 7.05 Å². The predicted molar refractivity (Wildman–Crippen MR) is 112 cm³/mol. The number of halogens is 3. The summed E-state index contributed by atoms with van der Waals surface area (Å²) in [6.45, 7) is 0.824. The maximum Gasteiger partial charge on any atom is 0.433 e. The quantitative estimate of drug-likeness (QED) is 0.471. The first-order valence-corrected chi connectivity index (χ1v) is 10.0. The summed E-state index contributed by atoms with van der Waals surface area (Å²) in [6, 6.07) is 11.6. The molecule has 9 heteroatoms. The van der Waals surface area contributed by atoms with Crippen LogP contribution in [0.5, 0.6) is 0 Å². The Morgan fingerprint density at radius 1 is 1.09 bits per heavy atom. The summed E-state index contributed by atoms with van der Waals surface area (Å²) in [5.74, 6) is -0.0928. The number of fused-ring (bicyclic) bond motifs is 2. The Bertz CT molecular complexity index is 1330. The van der Waals surface area contributed by atoms with Gasteiger partial charge in [-0.2, -0.15) is 18.3 Å². The number of benzene rings is 1. The first kappa shape index (κ1) is 20.2. The van der Waals surface area contributed by atoms with E-state index in [1.807, 2.05) is 24.3 Å². The summed E-state index contributed by atoms with van der Waals surface area (Å²) in [5.41, 5.74) is 3.44. The van der Waals surface area contributed by atoms with Gasteiger partial charge in [-0.1, -0.05) is 6.07 Å². The van der Waals surface area contributed by atoms with E-state index < -0.39 is 11.9 Å². The molecule has 3 aromatic heterocycles. The van der Waals surface area contributed by atoms with Crippen molar-refractivity contribution in [3.05, 3.63) is 77.4 Å². The molecule has 0 aliphatic carbocycles. The van der Waals surface area contributed by atoms with Gasteiger partial charge in [0.25, 0.3) is 5.91 Å². The first-order valence-electron chi connectivity index (χ1n) is 10.0. The van der Waals surface area contributed by atoms with Gasteiger partial charge in [0.1, 0.15) is 5.69 Å². The van der Waals surface area contributed by atoms with E-state index in [0.717, 1.165) is 33.9 Å². The lowest BCUT2D eigenvalue weighted by Crippen LogP contribution is -2.36. The molecule has 1 aliphatic heterocycles. The van der Waals surface area contributed by atoms with Crippen LogP contribution >= 0.6 is 0 Å². The number of aryl methyl sites for hydroxylation is 1. The monoisotopic (exact) mass is 437 g/mol. The van der Waals surface area contributed by atoms with E-state index in [9.17, 15) is 18.0 Å². The van der Waals surface area contributed by atoms with Crippen LogP contribution in [-0.2, 0) is 26.2 Å². The van der Waals surface area contributed by atoms with Gasteiger partial charge in [0.2, 0.25) is 0 Å². The number of pyridine rings is 2. The summed E-state index contributed by atoms with van der Waals surface area (Å²) < 4.78 is 40.2. The minimum absolute atomic E-state index is 0.0928. The second kappa shape index (κ2) is 7.44. The van der Waals surface area contributed by atoms with Crippen LogP contribution in [0.2, 0.25) is 0 Å². The fraction of sp³-hybridized carbons (Fsp3) is 0.217. The highest BCUT2D eigenvalue weighted by Gasteiger charge is 2.33.